The van der Waals surface area contributed by atoms with E-state index in [0.717, 1.165) is 32.4 Å². The molecule has 5 rings (SSSR count). The second-order valence-corrected chi connectivity index (χ2v) is 9.08. The van der Waals surface area contributed by atoms with Gasteiger partial charge in [0.05, 0.1) is 15.9 Å². The fourth-order valence-electron chi connectivity index (χ4n) is 4.03. The first kappa shape index (κ1) is 20.5. The number of rotatable bonds is 6. The second-order valence-electron chi connectivity index (χ2n) is 8.05. The lowest BCUT2D eigenvalue weighted by Gasteiger charge is -2.22. The summed E-state index contributed by atoms with van der Waals surface area (Å²) in [4.78, 5) is 20.4. The lowest BCUT2D eigenvalue weighted by atomic mass is 9.96. The Morgan fingerprint density at radius 1 is 1.00 bits per heavy atom. The van der Waals surface area contributed by atoms with Crippen molar-refractivity contribution in [2.45, 2.75) is 38.1 Å². The predicted molar refractivity (Wildman–Crippen MR) is 128 cm³/mol. The number of pyridine rings is 1. The lowest BCUT2D eigenvalue weighted by Crippen LogP contribution is -2.21. The Kier molecular flexibility index (Phi) is 5.73. The molecule has 7 heteroatoms. The van der Waals surface area contributed by atoms with E-state index in [0.29, 0.717) is 17.4 Å². The van der Waals surface area contributed by atoms with Gasteiger partial charge in [-0.15, -0.1) is 0 Å². The van der Waals surface area contributed by atoms with Crippen LogP contribution in [0.3, 0.4) is 0 Å². The maximum atomic E-state index is 11.3. The van der Waals surface area contributed by atoms with Gasteiger partial charge in [0.25, 0.3) is 0 Å². The average Bonchev–Trinajstić information content (AvgIpc) is 3.21. The summed E-state index contributed by atoms with van der Waals surface area (Å²) in [5.41, 5.74) is 8.41. The van der Waals surface area contributed by atoms with Crippen molar-refractivity contribution in [1.29, 1.82) is 0 Å². The van der Waals surface area contributed by atoms with Crippen LogP contribution in [0.15, 0.2) is 60.8 Å². The topological polar surface area (TPSA) is 90.1 Å². The van der Waals surface area contributed by atoms with Crippen LogP contribution in [0.2, 0.25) is 0 Å². The standard InChI is InChI=1S/C25H24N4O2S/c26-24(30)17-8-6-16(7-9-17)22-14-20(12-13-27-22)31-19-10-11-21-23(15-19)32-25(29-21)28-18-4-2-1-3-5-18/h6-15,18H,1-5H2,(H2,26,30)(H,28,29). The third kappa shape index (κ3) is 4.57. The van der Waals surface area contributed by atoms with E-state index >= 15 is 0 Å². The molecule has 0 spiro atoms. The number of primary amides is 1. The van der Waals surface area contributed by atoms with Gasteiger partial charge >= 0.3 is 0 Å². The molecule has 1 saturated carbocycles. The molecule has 2 aromatic heterocycles. The van der Waals surface area contributed by atoms with Crippen LogP contribution in [0.1, 0.15) is 42.5 Å². The number of nitrogens with two attached hydrogens (primary N) is 1. The van der Waals surface area contributed by atoms with Crippen LogP contribution in [0.4, 0.5) is 5.13 Å². The summed E-state index contributed by atoms with van der Waals surface area (Å²) in [5.74, 6) is 1.00. The number of ether oxygens (including phenoxy) is 1. The number of benzene rings is 2. The Balaban J connectivity index is 1.32. The molecular weight excluding hydrogens is 420 g/mol. The summed E-state index contributed by atoms with van der Waals surface area (Å²) in [7, 11) is 0. The third-order valence-electron chi connectivity index (χ3n) is 5.72. The van der Waals surface area contributed by atoms with Crippen molar-refractivity contribution in [3.8, 4) is 22.8 Å². The Hall–Kier alpha value is -3.45. The fraction of sp³-hybridized carbons (Fsp3) is 0.240. The maximum absolute atomic E-state index is 11.3. The van der Waals surface area contributed by atoms with Gasteiger partial charge in [0.15, 0.2) is 5.13 Å². The molecule has 0 radical (unpaired) electrons. The summed E-state index contributed by atoms with van der Waals surface area (Å²) in [6, 6.07) is 17.3. The Bertz CT molecular complexity index is 1250. The highest BCUT2D eigenvalue weighted by Crippen LogP contribution is 2.33. The summed E-state index contributed by atoms with van der Waals surface area (Å²) < 4.78 is 7.21. The van der Waals surface area contributed by atoms with Gasteiger partial charge in [-0.2, -0.15) is 0 Å². The van der Waals surface area contributed by atoms with Crippen molar-refractivity contribution in [3.63, 3.8) is 0 Å². The van der Waals surface area contributed by atoms with E-state index in [-0.39, 0.29) is 0 Å². The van der Waals surface area contributed by atoms with Crippen LogP contribution in [0.25, 0.3) is 21.5 Å². The van der Waals surface area contributed by atoms with Crippen molar-refractivity contribution in [3.05, 3.63) is 66.4 Å². The van der Waals surface area contributed by atoms with Crippen LogP contribution in [0, 0.1) is 0 Å². The largest absolute Gasteiger partial charge is 0.457 e. The Morgan fingerprint density at radius 2 is 1.78 bits per heavy atom. The van der Waals surface area contributed by atoms with Crippen LogP contribution in [0.5, 0.6) is 11.5 Å². The first-order chi connectivity index (χ1) is 15.6. The molecule has 1 amide bonds. The van der Waals surface area contributed by atoms with E-state index in [2.05, 4.69) is 10.3 Å². The number of amides is 1. The van der Waals surface area contributed by atoms with Crippen molar-refractivity contribution in [2.24, 2.45) is 5.73 Å². The first-order valence-electron chi connectivity index (χ1n) is 10.9. The smallest absolute Gasteiger partial charge is 0.248 e. The highest BCUT2D eigenvalue weighted by molar-refractivity contribution is 7.22. The number of hydrogen-bond donors (Lipinski definition) is 2. The number of fused-ring (bicyclic) bond motifs is 1. The highest BCUT2D eigenvalue weighted by Gasteiger charge is 2.15. The van der Waals surface area contributed by atoms with Crippen molar-refractivity contribution in [1.82, 2.24) is 9.97 Å². The van der Waals surface area contributed by atoms with Crippen LogP contribution >= 0.6 is 11.3 Å². The molecular formula is C25H24N4O2S. The van der Waals surface area contributed by atoms with Gasteiger partial charge in [-0.25, -0.2) is 4.98 Å². The molecule has 3 N–H and O–H groups in total. The number of hydrogen-bond acceptors (Lipinski definition) is 6. The summed E-state index contributed by atoms with van der Waals surface area (Å²) >= 11 is 1.67. The molecule has 32 heavy (non-hydrogen) atoms. The van der Waals surface area contributed by atoms with Crippen molar-refractivity contribution in [2.75, 3.05) is 5.32 Å². The van der Waals surface area contributed by atoms with Crippen molar-refractivity contribution >= 4 is 32.6 Å². The second kappa shape index (κ2) is 8.96. The molecule has 1 aliphatic rings. The highest BCUT2D eigenvalue weighted by atomic mass is 32.1. The molecule has 1 aliphatic carbocycles. The number of nitrogens with one attached hydrogen (secondary N) is 1. The minimum Gasteiger partial charge on any atom is -0.457 e. The molecule has 6 nitrogen and oxygen atoms in total. The quantitative estimate of drug-likeness (QED) is 0.381. The number of aromatic nitrogens is 2. The van der Waals surface area contributed by atoms with E-state index < -0.39 is 5.91 Å². The monoisotopic (exact) mass is 444 g/mol. The first-order valence-corrected chi connectivity index (χ1v) is 11.7. The molecule has 4 aromatic rings. The van der Waals surface area contributed by atoms with E-state index in [1.165, 1.54) is 32.1 Å². The van der Waals surface area contributed by atoms with Gasteiger partial charge in [0, 0.05) is 35.5 Å². The van der Waals surface area contributed by atoms with Gasteiger partial charge in [-0.3, -0.25) is 9.78 Å². The minimum absolute atomic E-state index is 0.447. The van der Waals surface area contributed by atoms with Gasteiger partial charge < -0.3 is 15.8 Å². The Morgan fingerprint density at radius 3 is 2.56 bits per heavy atom. The van der Waals surface area contributed by atoms with E-state index in [1.807, 2.05) is 42.5 Å². The van der Waals surface area contributed by atoms with Crippen LogP contribution in [-0.2, 0) is 0 Å². The molecule has 162 valence electrons. The summed E-state index contributed by atoms with van der Waals surface area (Å²) in [6.07, 6.45) is 8.09. The summed E-state index contributed by atoms with van der Waals surface area (Å²) in [6.45, 7) is 0. The Labute approximate surface area is 190 Å². The molecule has 0 atom stereocenters. The van der Waals surface area contributed by atoms with Crippen LogP contribution < -0.4 is 15.8 Å². The molecule has 0 aliphatic heterocycles. The number of anilines is 1. The number of carbonyl (C=O) groups is 1. The lowest BCUT2D eigenvalue weighted by molar-refractivity contribution is 0.100. The zero-order valence-corrected chi connectivity index (χ0v) is 18.4. The SMILES string of the molecule is NC(=O)c1ccc(-c2cc(Oc3ccc4nc(NC5CCCCC5)sc4c3)ccn2)cc1. The zero-order chi connectivity index (χ0) is 21.9. The predicted octanol–water partition coefficient (Wildman–Crippen LogP) is 5.99. The van der Waals surface area contributed by atoms with Gasteiger partial charge in [0.2, 0.25) is 5.91 Å². The number of nitrogens with zero attached hydrogens (tertiary/aromatic N) is 2. The number of carbonyl (C=O) groups excluding carboxylic acids is 1. The van der Waals surface area contributed by atoms with E-state index in [1.54, 1.807) is 29.7 Å². The molecule has 2 aromatic carbocycles. The maximum Gasteiger partial charge on any atom is 0.248 e. The van der Waals surface area contributed by atoms with Crippen LogP contribution in [-0.4, -0.2) is 21.9 Å². The average molecular weight is 445 g/mol. The third-order valence-corrected chi connectivity index (χ3v) is 6.67. The zero-order valence-electron chi connectivity index (χ0n) is 17.6. The fourth-order valence-corrected chi connectivity index (χ4v) is 5.00. The van der Waals surface area contributed by atoms with Crippen molar-refractivity contribution < 1.29 is 9.53 Å². The molecule has 0 unspecified atom stereocenters. The van der Waals surface area contributed by atoms with E-state index in [9.17, 15) is 4.79 Å². The number of thiazole rings is 1. The molecule has 1 fully saturated rings. The molecule has 0 saturated heterocycles. The minimum atomic E-state index is -0.447. The molecule has 0 bridgehead atoms. The van der Waals surface area contributed by atoms with E-state index in [4.69, 9.17) is 15.5 Å². The summed E-state index contributed by atoms with van der Waals surface area (Å²) in [5, 5.41) is 4.59. The van der Waals surface area contributed by atoms with Gasteiger partial charge in [0.1, 0.15) is 11.5 Å². The molecule has 2 heterocycles. The normalized spacial score (nSPS) is 14.4. The van der Waals surface area contributed by atoms with Gasteiger partial charge in [-0.1, -0.05) is 42.7 Å². The van der Waals surface area contributed by atoms with Gasteiger partial charge in [-0.05, 0) is 43.2 Å².